The molecule has 0 saturated heterocycles. The van der Waals surface area contributed by atoms with Crippen LogP contribution >= 0.6 is 58.8 Å². The Kier molecular flexibility index (Phi) is 10.9. The van der Waals surface area contributed by atoms with E-state index < -0.39 is 0 Å². The van der Waals surface area contributed by atoms with Crippen molar-refractivity contribution in [2.24, 2.45) is 12.0 Å². The number of aromatic nitrogens is 3. The molecule has 1 aromatic carbocycles. The molecule has 1 heterocycles. The second-order valence-electron chi connectivity index (χ2n) is 5.53. The number of aliphatic imine (C=N–C) groups is 1. The topological polar surface area (TPSA) is 76.4 Å². The predicted octanol–water partition coefficient (Wildman–Crippen LogP) is 4.00. The van der Waals surface area contributed by atoms with Crippen LogP contribution in [-0.4, -0.2) is 40.4 Å². The lowest BCUT2D eigenvalue weighted by Gasteiger charge is -2.13. The smallest absolute Gasteiger partial charge is 0.192 e. The van der Waals surface area contributed by atoms with Gasteiger partial charge >= 0.3 is 0 Å². The first kappa shape index (κ1) is 24.8. The van der Waals surface area contributed by atoms with E-state index in [9.17, 15) is 0 Å². The Bertz CT molecular complexity index is 804. The molecule has 0 fully saturated rings. The maximum Gasteiger partial charge on any atom is 0.192 e. The highest BCUT2D eigenvalue weighted by Gasteiger charge is 2.09. The van der Waals surface area contributed by atoms with Crippen LogP contribution in [0.2, 0.25) is 15.1 Å². The monoisotopic (exact) mass is 558 g/mol. The van der Waals surface area contributed by atoms with Crippen LogP contribution in [0.1, 0.15) is 11.6 Å². The number of ether oxygens (including phenoxy) is 1. The molecule has 0 aliphatic carbocycles. The summed E-state index contributed by atoms with van der Waals surface area (Å²) in [5.74, 6) is 2.60. The number of aryl methyl sites for hydroxylation is 1. The highest BCUT2D eigenvalue weighted by molar-refractivity contribution is 14.0. The third kappa shape index (κ3) is 7.31. The summed E-state index contributed by atoms with van der Waals surface area (Å²) in [6.07, 6.45) is 1.74. The van der Waals surface area contributed by atoms with Crippen molar-refractivity contribution in [2.45, 2.75) is 13.5 Å². The van der Waals surface area contributed by atoms with Crippen LogP contribution in [0.4, 0.5) is 0 Å². The van der Waals surface area contributed by atoms with E-state index in [1.807, 2.05) is 18.5 Å². The van der Waals surface area contributed by atoms with Gasteiger partial charge in [-0.1, -0.05) is 40.9 Å². The Morgan fingerprint density at radius 1 is 1.25 bits per heavy atom. The number of rotatable bonds is 8. The van der Waals surface area contributed by atoms with Gasteiger partial charge < -0.3 is 19.9 Å². The van der Waals surface area contributed by atoms with Crippen molar-refractivity contribution in [3.8, 4) is 5.75 Å². The Morgan fingerprint density at radius 2 is 1.93 bits per heavy atom. The Balaban J connectivity index is 0.00000392. The molecule has 28 heavy (non-hydrogen) atoms. The Labute approximate surface area is 196 Å². The standard InChI is InChI=1S/C17H21Cl3N6O.HI/c1-4-5-21-17(23-10-15-25-24-11(2)26(15)3)22-6-7-27-16-13(19)8-12(18)9-14(16)20;/h4,8-9H,1,5-7,10H2,2-3H3,(H2,21,22,23);1H. The van der Waals surface area contributed by atoms with Crippen molar-refractivity contribution < 1.29 is 4.74 Å². The molecule has 0 radical (unpaired) electrons. The van der Waals surface area contributed by atoms with E-state index in [0.29, 0.717) is 53.0 Å². The molecular weight excluding hydrogens is 537 g/mol. The number of hydrogen-bond acceptors (Lipinski definition) is 4. The quantitative estimate of drug-likeness (QED) is 0.168. The number of nitrogens with one attached hydrogen (secondary N) is 2. The van der Waals surface area contributed by atoms with Gasteiger partial charge in [0.05, 0.1) is 16.6 Å². The summed E-state index contributed by atoms with van der Waals surface area (Å²) >= 11 is 18.1. The molecule has 0 unspecified atom stereocenters. The van der Waals surface area contributed by atoms with Gasteiger partial charge in [-0.25, -0.2) is 4.99 Å². The number of hydrogen-bond donors (Lipinski definition) is 2. The predicted molar refractivity (Wildman–Crippen MR) is 125 cm³/mol. The van der Waals surface area contributed by atoms with E-state index >= 15 is 0 Å². The van der Waals surface area contributed by atoms with Crippen LogP contribution in [0.5, 0.6) is 5.75 Å². The van der Waals surface area contributed by atoms with E-state index in [-0.39, 0.29) is 24.0 Å². The molecule has 7 nitrogen and oxygen atoms in total. The minimum Gasteiger partial charge on any atom is -0.489 e. The molecule has 2 rings (SSSR count). The van der Waals surface area contributed by atoms with E-state index in [2.05, 4.69) is 32.4 Å². The summed E-state index contributed by atoms with van der Waals surface area (Å²) in [6, 6.07) is 3.17. The van der Waals surface area contributed by atoms with Crippen molar-refractivity contribution in [1.29, 1.82) is 0 Å². The lowest BCUT2D eigenvalue weighted by Crippen LogP contribution is -2.39. The maximum atomic E-state index is 6.10. The molecular formula is C17H22Cl3IN6O. The third-order valence-corrected chi connectivity index (χ3v) is 4.36. The molecule has 0 bridgehead atoms. The molecule has 0 atom stereocenters. The molecule has 11 heteroatoms. The van der Waals surface area contributed by atoms with Crippen LogP contribution in [0.3, 0.4) is 0 Å². The first-order chi connectivity index (χ1) is 12.9. The number of nitrogens with zero attached hydrogens (tertiary/aromatic N) is 4. The zero-order valence-corrected chi connectivity index (χ0v) is 20.1. The highest BCUT2D eigenvalue weighted by Crippen LogP contribution is 2.35. The van der Waals surface area contributed by atoms with Crippen LogP contribution in [0.25, 0.3) is 0 Å². The Morgan fingerprint density at radius 3 is 2.50 bits per heavy atom. The highest BCUT2D eigenvalue weighted by atomic mass is 127. The summed E-state index contributed by atoms with van der Waals surface area (Å²) in [5.41, 5.74) is 0. The summed E-state index contributed by atoms with van der Waals surface area (Å²) < 4.78 is 7.54. The fourth-order valence-electron chi connectivity index (χ4n) is 2.07. The lowest BCUT2D eigenvalue weighted by molar-refractivity contribution is 0.322. The molecule has 2 aromatic rings. The third-order valence-electron chi connectivity index (χ3n) is 3.58. The SMILES string of the molecule is C=CCNC(=NCc1nnc(C)n1C)NCCOc1c(Cl)cc(Cl)cc1Cl.I. The van der Waals surface area contributed by atoms with Gasteiger partial charge in [0.2, 0.25) is 0 Å². The molecule has 154 valence electrons. The van der Waals surface area contributed by atoms with Crippen molar-refractivity contribution >= 4 is 64.7 Å². The van der Waals surface area contributed by atoms with Crippen molar-refractivity contribution in [3.05, 3.63) is 51.5 Å². The molecule has 0 aliphatic heterocycles. The number of guanidine groups is 1. The van der Waals surface area contributed by atoms with Gasteiger partial charge in [0.15, 0.2) is 17.5 Å². The van der Waals surface area contributed by atoms with Crippen LogP contribution in [0.15, 0.2) is 29.8 Å². The fraction of sp³-hybridized carbons (Fsp3) is 0.353. The number of halogens is 4. The zero-order valence-electron chi connectivity index (χ0n) is 15.5. The first-order valence-electron chi connectivity index (χ1n) is 8.17. The van der Waals surface area contributed by atoms with Gasteiger partial charge in [-0.3, -0.25) is 0 Å². The second-order valence-corrected chi connectivity index (χ2v) is 6.78. The number of benzene rings is 1. The maximum absolute atomic E-state index is 6.10. The summed E-state index contributed by atoms with van der Waals surface area (Å²) in [5, 5.41) is 15.6. The molecule has 0 aliphatic rings. The van der Waals surface area contributed by atoms with Crippen molar-refractivity contribution in [3.63, 3.8) is 0 Å². The van der Waals surface area contributed by atoms with Crippen LogP contribution in [0, 0.1) is 6.92 Å². The molecule has 2 N–H and O–H groups in total. The normalized spacial score (nSPS) is 11.0. The summed E-state index contributed by atoms with van der Waals surface area (Å²) in [4.78, 5) is 4.50. The van der Waals surface area contributed by atoms with E-state index in [1.54, 1.807) is 18.2 Å². The molecule has 1 aromatic heterocycles. The van der Waals surface area contributed by atoms with E-state index in [0.717, 1.165) is 11.6 Å². The van der Waals surface area contributed by atoms with E-state index in [1.165, 1.54) is 0 Å². The average Bonchev–Trinajstić information content (AvgIpc) is 2.93. The first-order valence-corrected chi connectivity index (χ1v) is 9.31. The van der Waals surface area contributed by atoms with Gasteiger partial charge in [0, 0.05) is 18.6 Å². The molecule has 0 spiro atoms. The lowest BCUT2D eigenvalue weighted by atomic mass is 10.3. The zero-order chi connectivity index (χ0) is 19.8. The van der Waals surface area contributed by atoms with Gasteiger partial charge in [0.25, 0.3) is 0 Å². The van der Waals surface area contributed by atoms with Crippen LogP contribution < -0.4 is 15.4 Å². The summed E-state index contributed by atoms with van der Waals surface area (Å²) in [7, 11) is 1.90. The van der Waals surface area contributed by atoms with Gasteiger partial charge in [-0.05, 0) is 19.1 Å². The minimum absolute atomic E-state index is 0. The minimum atomic E-state index is 0. The average molecular weight is 560 g/mol. The van der Waals surface area contributed by atoms with Gasteiger partial charge in [0.1, 0.15) is 19.0 Å². The fourth-order valence-corrected chi connectivity index (χ4v) is 3.00. The van der Waals surface area contributed by atoms with Crippen molar-refractivity contribution in [2.75, 3.05) is 19.7 Å². The van der Waals surface area contributed by atoms with Crippen LogP contribution in [-0.2, 0) is 13.6 Å². The summed E-state index contributed by atoms with van der Waals surface area (Å²) in [6.45, 7) is 7.35. The largest absolute Gasteiger partial charge is 0.489 e. The van der Waals surface area contributed by atoms with Gasteiger partial charge in [-0.2, -0.15) is 0 Å². The Hall–Kier alpha value is -1.23. The van der Waals surface area contributed by atoms with E-state index in [4.69, 9.17) is 39.5 Å². The molecule has 0 saturated carbocycles. The molecule has 0 amide bonds. The van der Waals surface area contributed by atoms with Crippen molar-refractivity contribution in [1.82, 2.24) is 25.4 Å². The van der Waals surface area contributed by atoms with Gasteiger partial charge in [-0.15, -0.1) is 40.8 Å². The second kappa shape index (κ2) is 12.4.